The summed E-state index contributed by atoms with van der Waals surface area (Å²) >= 11 is 0. The van der Waals surface area contributed by atoms with Crippen LogP contribution in [0.25, 0.3) is 0 Å². The SMILES string of the molecule is CNCC(C)C(=O)NC1CCCS(=O)(=O)C1. The Bertz CT molecular complexity index is 340. The lowest BCUT2D eigenvalue weighted by atomic mass is 10.1. The fourth-order valence-electron chi connectivity index (χ4n) is 1.88. The molecular weight excluding hydrogens is 228 g/mol. The molecule has 1 rings (SSSR count). The first kappa shape index (κ1) is 13.4. The van der Waals surface area contributed by atoms with Crippen LogP contribution in [-0.2, 0) is 14.6 Å². The first-order valence-electron chi connectivity index (χ1n) is 5.60. The highest BCUT2D eigenvalue weighted by Crippen LogP contribution is 2.12. The first-order chi connectivity index (χ1) is 7.44. The third-order valence-corrected chi connectivity index (χ3v) is 4.59. The molecule has 1 aliphatic heterocycles. The van der Waals surface area contributed by atoms with Crippen LogP contribution in [0, 0.1) is 5.92 Å². The highest BCUT2D eigenvalue weighted by molar-refractivity contribution is 7.91. The van der Waals surface area contributed by atoms with Gasteiger partial charge in [-0.2, -0.15) is 0 Å². The maximum atomic E-state index is 11.7. The van der Waals surface area contributed by atoms with Crippen molar-refractivity contribution < 1.29 is 13.2 Å². The summed E-state index contributed by atoms with van der Waals surface area (Å²) in [5.41, 5.74) is 0. The number of nitrogens with one attached hydrogen (secondary N) is 2. The molecule has 0 spiro atoms. The number of sulfone groups is 1. The van der Waals surface area contributed by atoms with Gasteiger partial charge in [-0.15, -0.1) is 0 Å². The van der Waals surface area contributed by atoms with E-state index in [0.717, 1.165) is 6.42 Å². The van der Waals surface area contributed by atoms with E-state index in [-0.39, 0.29) is 29.4 Å². The van der Waals surface area contributed by atoms with Crippen molar-refractivity contribution in [1.82, 2.24) is 10.6 Å². The average molecular weight is 248 g/mol. The van der Waals surface area contributed by atoms with E-state index < -0.39 is 9.84 Å². The number of carbonyl (C=O) groups is 1. The molecule has 1 amide bonds. The van der Waals surface area contributed by atoms with E-state index in [9.17, 15) is 13.2 Å². The number of hydrogen-bond acceptors (Lipinski definition) is 4. The van der Waals surface area contributed by atoms with Gasteiger partial charge in [0, 0.05) is 18.5 Å². The van der Waals surface area contributed by atoms with Crippen LogP contribution in [0.5, 0.6) is 0 Å². The molecule has 0 bridgehead atoms. The van der Waals surface area contributed by atoms with Crippen molar-refractivity contribution in [2.75, 3.05) is 25.1 Å². The third kappa shape index (κ3) is 4.09. The second-order valence-electron chi connectivity index (χ2n) is 4.42. The van der Waals surface area contributed by atoms with Gasteiger partial charge < -0.3 is 10.6 Å². The van der Waals surface area contributed by atoms with Gasteiger partial charge in [0.1, 0.15) is 0 Å². The van der Waals surface area contributed by atoms with Gasteiger partial charge in [0.25, 0.3) is 0 Å². The molecule has 1 fully saturated rings. The largest absolute Gasteiger partial charge is 0.352 e. The first-order valence-corrected chi connectivity index (χ1v) is 7.42. The Hall–Kier alpha value is -0.620. The highest BCUT2D eigenvalue weighted by atomic mass is 32.2. The van der Waals surface area contributed by atoms with Crippen molar-refractivity contribution in [2.24, 2.45) is 5.92 Å². The third-order valence-electron chi connectivity index (χ3n) is 2.77. The van der Waals surface area contributed by atoms with Crippen molar-refractivity contribution >= 4 is 15.7 Å². The molecule has 1 heterocycles. The molecule has 0 aromatic rings. The molecule has 0 radical (unpaired) electrons. The smallest absolute Gasteiger partial charge is 0.224 e. The Kier molecular flexibility index (Phi) is 4.73. The summed E-state index contributed by atoms with van der Waals surface area (Å²) in [6.07, 6.45) is 1.41. The van der Waals surface area contributed by atoms with Crippen molar-refractivity contribution in [1.29, 1.82) is 0 Å². The Morgan fingerprint density at radius 1 is 1.50 bits per heavy atom. The van der Waals surface area contributed by atoms with E-state index >= 15 is 0 Å². The zero-order chi connectivity index (χ0) is 12.2. The Morgan fingerprint density at radius 3 is 2.75 bits per heavy atom. The summed E-state index contributed by atoms with van der Waals surface area (Å²) in [4.78, 5) is 11.7. The fraction of sp³-hybridized carbons (Fsp3) is 0.900. The van der Waals surface area contributed by atoms with Gasteiger partial charge in [-0.25, -0.2) is 8.42 Å². The molecular formula is C10H20N2O3S. The van der Waals surface area contributed by atoms with E-state index in [1.807, 2.05) is 6.92 Å². The lowest BCUT2D eigenvalue weighted by Crippen LogP contribution is -2.46. The Balaban J connectivity index is 2.45. The van der Waals surface area contributed by atoms with E-state index in [4.69, 9.17) is 0 Å². The molecule has 5 nitrogen and oxygen atoms in total. The van der Waals surface area contributed by atoms with E-state index in [1.165, 1.54) is 0 Å². The Labute approximate surface area is 96.9 Å². The number of amides is 1. The molecule has 1 saturated heterocycles. The summed E-state index contributed by atoms with van der Waals surface area (Å²) < 4.78 is 22.7. The fourth-order valence-corrected chi connectivity index (χ4v) is 3.52. The number of rotatable bonds is 4. The lowest BCUT2D eigenvalue weighted by Gasteiger charge is -2.24. The molecule has 94 valence electrons. The van der Waals surface area contributed by atoms with Crippen LogP contribution >= 0.6 is 0 Å². The summed E-state index contributed by atoms with van der Waals surface area (Å²) in [6.45, 7) is 2.43. The van der Waals surface area contributed by atoms with Crippen LogP contribution in [0.2, 0.25) is 0 Å². The molecule has 1 aliphatic rings. The minimum absolute atomic E-state index is 0.0727. The zero-order valence-corrected chi connectivity index (χ0v) is 10.6. The standard InChI is InChI=1S/C10H20N2O3S/c1-8(6-11-2)10(13)12-9-4-3-5-16(14,15)7-9/h8-9,11H,3-7H2,1-2H3,(H,12,13). The summed E-state index contributed by atoms with van der Waals surface area (Å²) in [5.74, 6) is 0.141. The minimum atomic E-state index is -2.95. The second kappa shape index (κ2) is 5.63. The van der Waals surface area contributed by atoms with Crippen LogP contribution < -0.4 is 10.6 Å². The molecule has 2 atom stereocenters. The zero-order valence-electron chi connectivity index (χ0n) is 9.82. The van der Waals surface area contributed by atoms with Gasteiger partial charge in [0.2, 0.25) is 5.91 Å². The maximum Gasteiger partial charge on any atom is 0.224 e. The second-order valence-corrected chi connectivity index (χ2v) is 6.65. The predicted octanol–water partition coefficient (Wildman–Crippen LogP) is -0.465. The van der Waals surface area contributed by atoms with Crippen molar-refractivity contribution in [2.45, 2.75) is 25.8 Å². The van der Waals surface area contributed by atoms with Crippen LogP contribution in [0.4, 0.5) is 0 Å². The van der Waals surface area contributed by atoms with Gasteiger partial charge in [0.05, 0.1) is 11.5 Å². The van der Waals surface area contributed by atoms with Crippen LogP contribution in [-0.4, -0.2) is 45.5 Å². The summed E-state index contributed by atoms with van der Waals surface area (Å²) in [7, 11) is -1.16. The summed E-state index contributed by atoms with van der Waals surface area (Å²) in [6, 6.07) is -0.203. The van der Waals surface area contributed by atoms with Crippen molar-refractivity contribution in [3.05, 3.63) is 0 Å². The van der Waals surface area contributed by atoms with Gasteiger partial charge >= 0.3 is 0 Å². The molecule has 16 heavy (non-hydrogen) atoms. The molecule has 2 N–H and O–H groups in total. The Morgan fingerprint density at radius 2 is 2.19 bits per heavy atom. The lowest BCUT2D eigenvalue weighted by molar-refractivity contribution is -0.125. The summed E-state index contributed by atoms with van der Waals surface area (Å²) in [5, 5.41) is 5.72. The van der Waals surface area contributed by atoms with E-state index in [1.54, 1.807) is 7.05 Å². The molecule has 0 aromatic heterocycles. The van der Waals surface area contributed by atoms with Crippen LogP contribution in [0.3, 0.4) is 0 Å². The van der Waals surface area contributed by atoms with Crippen LogP contribution in [0.15, 0.2) is 0 Å². The minimum Gasteiger partial charge on any atom is -0.352 e. The predicted molar refractivity (Wildman–Crippen MR) is 62.9 cm³/mol. The normalized spacial score (nSPS) is 26.0. The highest BCUT2D eigenvalue weighted by Gasteiger charge is 2.26. The molecule has 0 aromatic carbocycles. The van der Waals surface area contributed by atoms with E-state index in [0.29, 0.717) is 13.0 Å². The topological polar surface area (TPSA) is 75.3 Å². The van der Waals surface area contributed by atoms with Gasteiger partial charge in [-0.3, -0.25) is 4.79 Å². The maximum absolute atomic E-state index is 11.7. The van der Waals surface area contributed by atoms with Gasteiger partial charge in [-0.05, 0) is 19.9 Å². The van der Waals surface area contributed by atoms with Crippen LogP contribution in [0.1, 0.15) is 19.8 Å². The number of carbonyl (C=O) groups excluding carboxylic acids is 1. The van der Waals surface area contributed by atoms with E-state index in [2.05, 4.69) is 10.6 Å². The molecule has 0 aliphatic carbocycles. The average Bonchev–Trinajstić information content (AvgIpc) is 2.16. The molecule has 0 saturated carbocycles. The van der Waals surface area contributed by atoms with Gasteiger partial charge in [-0.1, -0.05) is 6.92 Å². The monoisotopic (exact) mass is 248 g/mol. The quantitative estimate of drug-likeness (QED) is 0.705. The van der Waals surface area contributed by atoms with Crippen molar-refractivity contribution in [3.8, 4) is 0 Å². The van der Waals surface area contributed by atoms with Crippen molar-refractivity contribution in [3.63, 3.8) is 0 Å². The van der Waals surface area contributed by atoms with Gasteiger partial charge in [0.15, 0.2) is 9.84 Å². The molecule has 6 heteroatoms. The molecule has 2 unspecified atom stereocenters. The number of hydrogen-bond donors (Lipinski definition) is 2.